The standard InChI is InChI=1S/C15H22ClN3O/c1-2-7-19-8-5-12(6-9-19)18-15(20)11-3-4-13(16)14(17)10-11/h3-4,10,12H,2,5-9,17H2,1H3,(H,18,20). The summed E-state index contributed by atoms with van der Waals surface area (Å²) in [7, 11) is 0. The van der Waals surface area contributed by atoms with Crippen molar-refractivity contribution in [3.05, 3.63) is 28.8 Å². The molecule has 2 rings (SSSR count). The molecule has 20 heavy (non-hydrogen) atoms. The number of halogens is 1. The first-order chi connectivity index (χ1) is 9.60. The molecule has 0 aromatic heterocycles. The van der Waals surface area contributed by atoms with Gasteiger partial charge in [-0.1, -0.05) is 18.5 Å². The summed E-state index contributed by atoms with van der Waals surface area (Å²) in [6.45, 7) is 5.45. The van der Waals surface area contributed by atoms with Gasteiger partial charge in [-0.15, -0.1) is 0 Å². The molecular formula is C15H22ClN3O. The minimum absolute atomic E-state index is 0.0673. The van der Waals surface area contributed by atoms with Crippen LogP contribution in [0.25, 0.3) is 0 Å². The van der Waals surface area contributed by atoms with Crippen LogP contribution in [0.1, 0.15) is 36.5 Å². The number of nitrogens with one attached hydrogen (secondary N) is 1. The number of rotatable bonds is 4. The second-order valence-corrected chi connectivity index (χ2v) is 5.73. The lowest BCUT2D eigenvalue weighted by Gasteiger charge is -2.32. The number of nitrogen functional groups attached to an aromatic ring is 1. The zero-order chi connectivity index (χ0) is 14.5. The summed E-state index contributed by atoms with van der Waals surface area (Å²) in [5.41, 5.74) is 6.74. The Morgan fingerprint density at radius 2 is 2.15 bits per heavy atom. The topological polar surface area (TPSA) is 58.4 Å². The number of nitrogens with two attached hydrogens (primary N) is 1. The maximum atomic E-state index is 12.2. The molecule has 5 heteroatoms. The van der Waals surface area contributed by atoms with E-state index in [0.717, 1.165) is 32.5 Å². The lowest BCUT2D eigenvalue weighted by Crippen LogP contribution is -2.44. The SMILES string of the molecule is CCCN1CCC(NC(=O)c2ccc(Cl)c(N)c2)CC1. The molecule has 1 aliphatic rings. The van der Waals surface area contributed by atoms with E-state index in [1.807, 2.05) is 0 Å². The van der Waals surface area contributed by atoms with Crippen molar-refractivity contribution < 1.29 is 4.79 Å². The molecule has 3 N–H and O–H groups in total. The second kappa shape index (κ2) is 6.95. The molecule has 1 aromatic carbocycles. The minimum atomic E-state index is -0.0673. The van der Waals surface area contributed by atoms with Gasteiger partial charge in [-0.05, 0) is 44.0 Å². The molecule has 0 radical (unpaired) electrons. The Hall–Kier alpha value is -1.26. The van der Waals surface area contributed by atoms with Crippen molar-refractivity contribution in [3.8, 4) is 0 Å². The Labute approximate surface area is 125 Å². The fourth-order valence-corrected chi connectivity index (χ4v) is 2.69. The maximum absolute atomic E-state index is 12.2. The van der Waals surface area contributed by atoms with E-state index in [1.54, 1.807) is 18.2 Å². The summed E-state index contributed by atoms with van der Waals surface area (Å²) >= 11 is 5.86. The van der Waals surface area contributed by atoms with Gasteiger partial charge in [0, 0.05) is 24.7 Å². The van der Waals surface area contributed by atoms with Crippen molar-refractivity contribution in [1.82, 2.24) is 10.2 Å². The lowest BCUT2D eigenvalue weighted by molar-refractivity contribution is 0.0911. The highest BCUT2D eigenvalue weighted by Crippen LogP contribution is 2.20. The van der Waals surface area contributed by atoms with Crippen molar-refractivity contribution in [2.24, 2.45) is 0 Å². The van der Waals surface area contributed by atoms with E-state index in [4.69, 9.17) is 17.3 Å². The van der Waals surface area contributed by atoms with Crippen molar-refractivity contribution in [2.75, 3.05) is 25.4 Å². The Morgan fingerprint density at radius 3 is 2.75 bits per heavy atom. The number of carbonyl (C=O) groups is 1. The molecule has 0 unspecified atom stereocenters. The summed E-state index contributed by atoms with van der Waals surface area (Å²) in [5, 5.41) is 3.56. The van der Waals surface area contributed by atoms with Crippen LogP contribution >= 0.6 is 11.6 Å². The number of carbonyl (C=O) groups excluding carboxylic acids is 1. The molecule has 1 aliphatic heterocycles. The van der Waals surface area contributed by atoms with Crippen LogP contribution in [0.2, 0.25) is 5.02 Å². The molecule has 1 aromatic rings. The summed E-state index contributed by atoms with van der Waals surface area (Å²) in [5.74, 6) is -0.0673. The Morgan fingerprint density at radius 1 is 1.45 bits per heavy atom. The molecule has 1 saturated heterocycles. The highest BCUT2D eigenvalue weighted by molar-refractivity contribution is 6.33. The van der Waals surface area contributed by atoms with Crippen LogP contribution in [0.5, 0.6) is 0 Å². The van der Waals surface area contributed by atoms with Gasteiger partial charge in [-0.2, -0.15) is 0 Å². The van der Waals surface area contributed by atoms with E-state index in [2.05, 4.69) is 17.1 Å². The van der Waals surface area contributed by atoms with Crippen molar-refractivity contribution >= 4 is 23.2 Å². The third-order valence-corrected chi connectivity index (χ3v) is 4.07. The summed E-state index contributed by atoms with van der Waals surface area (Å²) in [6.07, 6.45) is 3.20. The largest absolute Gasteiger partial charge is 0.398 e. The van der Waals surface area contributed by atoms with Crippen LogP contribution in [-0.2, 0) is 0 Å². The van der Waals surface area contributed by atoms with Gasteiger partial charge < -0.3 is 16.0 Å². The second-order valence-electron chi connectivity index (χ2n) is 5.33. The summed E-state index contributed by atoms with van der Waals surface area (Å²) in [4.78, 5) is 14.6. The fourth-order valence-electron chi connectivity index (χ4n) is 2.57. The van der Waals surface area contributed by atoms with Crippen molar-refractivity contribution in [2.45, 2.75) is 32.2 Å². The first-order valence-corrected chi connectivity index (χ1v) is 7.56. The number of nitrogens with zero attached hydrogens (tertiary/aromatic N) is 1. The van der Waals surface area contributed by atoms with E-state index < -0.39 is 0 Å². The van der Waals surface area contributed by atoms with Gasteiger partial charge >= 0.3 is 0 Å². The average molecular weight is 296 g/mol. The van der Waals surface area contributed by atoms with Gasteiger partial charge in [0.2, 0.25) is 0 Å². The van der Waals surface area contributed by atoms with Gasteiger partial charge in [0.25, 0.3) is 5.91 Å². The molecule has 1 amide bonds. The monoisotopic (exact) mass is 295 g/mol. The first-order valence-electron chi connectivity index (χ1n) is 7.18. The number of hydrogen-bond donors (Lipinski definition) is 2. The van der Waals surface area contributed by atoms with E-state index >= 15 is 0 Å². The van der Waals surface area contributed by atoms with Crippen LogP contribution in [0.15, 0.2) is 18.2 Å². The zero-order valence-corrected chi connectivity index (χ0v) is 12.6. The van der Waals surface area contributed by atoms with Gasteiger partial charge in [0.05, 0.1) is 10.7 Å². The first kappa shape index (κ1) is 15.1. The number of amides is 1. The third kappa shape index (κ3) is 3.87. The van der Waals surface area contributed by atoms with E-state index in [9.17, 15) is 4.79 Å². The number of benzene rings is 1. The molecule has 0 bridgehead atoms. The smallest absolute Gasteiger partial charge is 0.251 e. The van der Waals surface area contributed by atoms with Gasteiger partial charge in [-0.25, -0.2) is 0 Å². The van der Waals surface area contributed by atoms with E-state index in [0.29, 0.717) is 16.3 Å². The maximum Gasteiger partial charge on any atom is 0.251 e. The summed E-state index contributed by atoms with van der Waals surface area (Å²) < 4.78 is 0. The molecule has 0 atom stereocenters. The molecule has 1 fully saturated rings. The number of anilines is 1. The van der Waals surface area contributed by atoms with Crippen LogP contribution in [0.3, 0.4) is 0 Å². The molecule has 0 aliphatic carbocycles. The normalized spacial score (nSPS) is 17.1. The molecule has 4 nitrogen and oxygen atoms in total. The fraction of sp³-hybridized carbons (Fsp3) is 0.533. The van der Waals surface area contributed by atoms with Crippen molar-refractivity contribution in [1.29, 1.82) is 0 Å². The Balaban J connectivity index is 1.87. The number of likely N-dealkylation sites (tertiary alicyclic amines) is 1. The highest BCUT2D eigenvalue weighted by atomic mass is 35.5. The molecule has 0 saturated carbocycles. The van der Waals surface area contributed by atoms with E-state index in [1.165, 1.54) is 6.42 Å². The third-order valence-electron chi connectivity index (χ3n) is 3.72. The summed E-state index contributed by atoms with van der Waals surface area (Å²) in [6, 6.07) is 5.26. The van der Waals surface area contributed by atoms with Crippen molar-refractivity contribution in [3.63, 3.8) is 0 Å². The Kier molecular flexibility index (Phi) is 5.26. The van der Waals surface area contributed by atoms with Gasteiger partial charge in [-0.3, -0.25) is 4.79 Å². The quantitative estimate of drug-likeness (QED) is 0.839. The molecule has 1 heterocycles. The lowest BCUT2D eigenvalue weighted by atomic mass is 10.0. The van der Waals surface area contributed by atoms with E-state index in [-0.39, 0.29) is 11.9 Å². The number of hydrogen-bond acceptors (Lipinski definition) is 3. The van der Waals surface area contributed by atoms with Gasteiger partial charge in [0.15, 0.2) is 0 Å². The van der Waals surface area contributed by atoms with Crippen LogP contribution in [0.4, 0.5) is 5.69 Å². The zero-order valence-electron chi connectivity index (χ0n) is 11.9. The number of piperidine rings is 1. The predicted molar refractivity (Wildman–Crippen MR) is 83.1 cm³/mol. The predicted octanol–water partition coefficient (Wildman–Crippen LogP) is 2.53. The van der Waals surface area contributed by atoms with Gasteiger partial charge in [0.1, 0.15) is 0 Å². The molecule has 110 valence electrons. The molecular weight excluding hydrogens is 274 g/mol. The van der Waals surface area contributed by atoms with Crippen LogP contribution < -0.4 is 11.1 Å². The van der Waals surface area contributed by atoms with Crippen LogP contribution in [-0.4, -0.2) is 36.5 Å². The average Bonchev–Trinajstić information content (AvgIpc) is 2.44. The highest BCUT2D eigenvalue weighted by Gasteiger charge is 2.20. The minimum Gasteiger partial charge on any atom is -0.398 e. The molecule has 0 spiro atoms. The van der Waals surface area contributed by atoms with Crippen LogP contribution in [0, 0.1) is 0 Å². The Bertz CT molecular complexity index is 470.